The summed E-state index contributed by atoms with van der Waals surface area (Å²) >= 11 is 1.72. The maximum Gasteiger partial charge on any atom is 0.135 e. The topological polar surface area (TPSA) is 28.2 Å². The average molecular weight is 359 g/mol. The fraction of sp³-hybridized carbons (Fsp3) is 0.421. The van der Waals surface area contributed by atoms with E-state index in [4.69, 9.17) is 4.98 Å². The van der Waals surface area contributed by atoms with Gasteiger partial charge in [-0.05, 0) is 43.1 Å². The average Bonchev–Trinajstić information content (AvgIpc) is 2.77. The third-order valence-electron chi connectivity index (χ3n) is 5.52. The molecule has 5 rings (SSSR count). The summed E-state index contributed by atoms with van der Waals surface area (Å²) in [5.74, 6) is 0.269. The molecule has 1 aromatic heterocycles. The molecule has 3 nitrogen and oxygen atoms in total. The predicted octanol–water partition coefficient (Wildman–Crippen LogP) is 3.79. The minimum absolute atomic E-state index is 0.00911. The van der Waals surface area contributed by atoms with Crippen molar-refractivity contribution >= 4 is 17.4 Å². The van der Waals surface area contributed by atoms with Crippen LogP contribution in [-0.2, 0) is 0 Å². The van der Waals surface area contributed by atoms with E-state index in [0.29, 0.717) is 17.7 Å². The van der Waals surface area contributed by atoms with Crippen LogP contribution in [-0.4, -0.2) is 36.4 Å². The summed E-state index contributed by atoms with van der Waals surface area (Å²) in [5, 5.41) is 4.41. The summed E-state index contributed by atoms with van der Waals surface area (Å²) in [6.45, 7) is 2.99. The molecule has 0 saturated carbocycles. The number of fused-ring (bicyclic) bond motifs is 3. The second-order valence-electron chi connectivity index (χ2n) is 6.91. The molecule has 0 aliphatic carbocycles. The molecular formula is C19H19F2N3S. The van der Waals surface area contributed by atoms with Crippen LogP contribution in [0.4, 0.5) is 14.5 Å². The summed E-state index contributed by atoms with van der Waals surface area (Å²) in [6, 6.07) is 6.41. The van der Waals surface area contributed by atoms with Crippen LogP contribution in [0, 0.1) is 11.6 Å². The van der Waals surface area contributed by atoms with Crippen molar-refractivity contribution in [2.45, 2.75) is 29.8 Å². The third kappa shape index (κ3) is 2.38. The standard InChI is InChI=1S/C19H19F2N3S/c20-13-3-1-4-14(21)17(13)15-9-11-12-10-22-6-5-16(12)24-7-2-8-25-19(23-15)18(11)24/h1,3-4,9,12,16,22H,2,5-8,10H2. The number of anilines is 1. The first-order valence-corrected chi connectivity index (χ1v) is 9.82. The van der Waals surface area contributed by atoms with Crippen molar-refractivity contribution in [2.75, 3.05) is 30.3 Å². The van der Waals surface area contributed by atoms with Gasteiger partial charge in [0.15, 0.2) is 0 Å². The van der Waals surface area contributed by atoms with Gasteiger partial charge in [-0.25, -0.2) is 13.8 Å². The van der Waals surface area contributed by atoms with E-state index in [0.717, 1.165) is 43.3 Å². The second kappa shape index (κ2) is 5.95. The smallest absolute Gasteiger partial charge is 0.135 e. The second-order valence-corrected chi connectivity index (χ2v) is 7.99. The Balaban J connectivity index is 1.72. The highest BCUT2D eigenvalue weighted by Crippen LogP contribution is 2.50. The molecule has 1 fully saturated rings. The molecule has 3 aliphatic heterocycles. The lowest BCUT2D eigenvalue weighted by Crippen LogP contribution is -2.44. The number of benzene rings is 1. The van der Waals surface area contributed by atoms with Gasteiger partial charge < -0.3 is 10.2 Å². The van der Waals surface area contributed by atoms with Crippen molar-refractivity contribution in [3.63, 3.8) is 0 Å². The zero-order chi connectivity index (χ0) is 17.0. The minimum atomic E-state index is -0.550. The molecule has 3 aliphatic rings. The Kier molecular flexibility index (Phi) is 3.71. The number of hydrogen-bond acceptors (Lipinski definition) is 4. The van der Waals surface area contributed by atoms with Crippen LogP contribution in [0.5, 0.6) is 0 Å². The van der Waals surface area contributed by atoms with Gasteiger partial charge in [0.1, 0.15) is 16.7 Å². The molecule has 2 unspecified atom stereocenters. The van der Waals surface area contributed by atoms with Crippen LogP contribution >= 0.6 is 11.8 Å². The zero-order valence-electron chi connectivity index (χ0n) is 13.8. The molecule has 6 heteroatoms. The van der Waals surface area contributed by atoms with Gasteiger partial charge in [0.05, 0.1) is 16.9 Å². The summed E-state index contributed by atoms with van der Waals surface area (Å²) < 4.78 is 28.6. The molecule has 25 heavy (non-hydrogen) atoms. The van der Waals surface area contributed by atoms with Gasteiger partial charge in [0.25, 0.3) is 0 Å². The number of hydrogen-bond donors (Lipinski definition) is 1. The van der Waals surface area contributed by atoms with Gasteiger partial charge in [0.2, 0.25) is 0 Å². The third-order valence-corrected chi connectivity index (χ3v) is 6.57. The number of halogens is 2. The first kappa shape index (κ1) is 15.6. The monoisotopic (exact) mass is 359 g/mol. The molecule has 1 aromatic carbocycles. The molecule has 0 amide bonds. The molecule has 1 N–H and O–H groups in total. The van der Waals surface area contributed by atoms with Gasteiger partial charge in [-0.15, -0.1) is 11.8 Å². The van der Waals surface area contributed by atoms with E-state index in [9.17, 15) is 8.78 Å². The number of piperidine rings is 1. The zero-order valence-corrected chi connectivity index (χ0v) is 14.6. The van der Waals surface area contributed by atoms with Crippen LogP contribution in [0.2, 0.25) is 0 Å². The Morgan fingerprint density at radius 1 is 1.24 bits per heavy atom. The van der Waals surface area contributed by atoms with Crippen molar-refractivity contribution in [1.29, 1.82) is 0 Å². The number of nitrogens with one attached hydrogen (secondary N) is 1. The van der Waals surface area contributed by atoms with E-state index >= 15 is 0 Å². The van der Waals surface area contributed by atoms with E-state index in [1.807, 2.05) is 6.07 Å². The summed E-state index contributed by atoms with van der Waals surface area (Å²) in [7, 11) is 0. The molecule has 0 spiro atoms. The van der Waals surface area contributed by atoms with Gasteiger partial charge in [-0.1, -0.05) is 6.07 Å². The van der Waals surface area contributed by atoms with E-state index in [-0.39, 0.29) is 5.56 Å². The van der Waals surface area contributed by atoms with Crippen LogP contribution in [0.15, 0.2) is 29.3 Å². The quantitative estimate of drug-likeness (QED) is 0.839. The first-order valence-electron chi connectivity index (χ1n) is 8.83. The highest BCUT2D eigenvalue weighted by atomic mass is 32.2. The Morgan fingerprint density at radius 2 is 2.08 bits per heavy atom. The normalized spacial score (nSPS) is 24.6. The summed E-state index contributed by atoms with van der Waals surface area (Å²) in [5.41, 5.74) is 2.83. The predicted molar refractivity (Wildman–Crippen MR) is 96.3 cm³/mol. The maximum absolute atomic E-state index is 14.3. The summed E-state index contributed by atoms with van der Waals surface area (Å²) in [6.07, 6.45) is 2.22. The Labute approximate surface area is 149 Å². The van der Waals surface area contributed by atoms with Gasteiger partial charge in [-0.2, -0.15) is 0 Å². The molecule has 2 atom stereocenters. The SMILES string of the molecule is Fc1cccc(F)c1-c1cc2c3c(n1)SCCCN3C1CCNCC21. The van der Waals surface area contributed by atoms with Crippen molar-refractivity contribution in [3.05, 3.63) is 41.5 Å². The molecule has 0 bridgehead atoms. The summed E-state index contributed by atoms with van der Waals surface area (Å²) in [4.78, 5) is 7.20. The lowest BCUT2D eigenvalue weighted by atomic mass is 9.89. The Morgan fingerprint density at radius 3 is 2.92 bits per heavy atom. The van der Waals surface area contributed by atoms with Crippen LogP contribution < -0.4 is 10.2 Å². The maximum atomic E-state index is 14.3. The minimum Gasteiger partial charge on any atom is -0.365 e. The highest BCUT2D eigenvalue weighted by molar-refractivity contribution is 7.99. The number of pyridine rings is 1. The molecule has 4 heterocycles. The fourth-order valence-corrected chi connectivity index (χ4v) is 5.46. The molecule has 2 aromatic rings. The van der Waals surface area contributed by atoms with Crippen molar-refractivity contribution in [2.24, 2.45) is 0 Å². The number of rotatable bonds is 1. The number of thioether (sulfide) groups is 1. The van der Waals surface area contributed by atoms with Gasteiger partial charge in [0, 0.05) is 30.8 Å². The van der Waals surface area contributed by atoms with Crippen molar-refractivity contribution in [3.8, 4) is 11.3 Å². The molecular weight excluding hydrogens is 340 g/mol. The first-order chi connectivity index (χ1) is 12.2. The van der Waals surface area contributed by atoms with E-state index in [1.54, 1.807) is 11.8 Å². The molecule has 130 valence electrons. The molecule has 0 radical (unpaired) electrons. The fourth-order valence-electron chi connectivity index (χ4n) is 4.46. The number of aromatic nitrogens is 1. The van der Waals surface area contributed by atoms with Crippen molar-refractivity contribution in [1.82, 2.24) is 10.3 Å². The lowest BCUT2D eigenvalue weighted by molar-refractivity contribution is 0.403. The largest absolute Gasteiger partial charge is 0.365 e. The Hall–Kier alpha value is -1.66. The van der Waals surface area contributed by atoms with Gasteiger partial charge in [-0.3, -0.25) is 0 Å². The van der Waals surface area contributed by atoms with E-state index in [2.05, 4.69) is 10.2 Å². The van der Waals surface area contributed by atoms with E-state index < -0.39 is 11.6 Å². The Bertz CT molecular complexity index is 821. The van der Waals surface area contributed by atoms with Crippen LogP contribution in [0.25, 0.3) is 11.3 Å². The van der Waals surface area contributed by atoms with Crippen LogP contribution in [0.3, 0.4) is 0 Å². The van der Waals surface area contributed by atoms with Crippen LogP contribution in [0.1, 0.15) is 24.3 Å². The number of nitrogens with zero attached hydrogens (tertiary/aromatic N) is 2. The highest BCUT2D eigenvalue weighted by Gasteiger charge is 2.42. The van der Waals surface area contributed by atoms with E-state index in [1.165, 1.54) is 29.4 Å². The molecule has 1 saturated heterocycles. The van der Waals surface area contributed by atoms with Crippen molar-refractivity contribution < 1.29 is 8.78 Å². The van der Waals surface area contributed by atoms with Gasteiger partial charge >= 0.3 is 0 Å². The lowest BCUT2D eigenvalue weighted by Gasteiger charge is -2.33.